The minimum atomic E-state index is -0.494. The van der Waals surface area contributed by atoms with Crippen LogP contribution in [-0.4, -0.2) is 16.0 Å². The number of carbonyl (C=O) groups excluding carboxylic acids is 1. The van der Waals surface area contributed by atoms with Crippen molar-refractivity contribution in [3.8, 4) is 11.5 Å². The van der Waals surface area contributed by atoms with Crippen LogP contribution < -0.4 is 5.32 Å². The maximum atomic E-state index is 13.6. The second kappa shape index (κ2) is 5.33. The number of amides is 1. The van der Waals surface area contributed by atoms with Crippen LogP contribution in [0.25, 0.3) is 21.7 Å². The molecule has 0 atom stereocenters. The Labute approximate surface area is 132 Å². The fourth-order valence-electron chi connectivity index (χ4n) is 2.05. The number of hydrogen-bond donors (Lipinski definition) is 1. The number of anilines is 1. The third-order valence-corrected chi connectivity index (χ3v) is 4.03. The van der Waals surface area contributed by atoms with Gasteiger partial charge in [0.1, 0.15) is 11.3 Å². The van der Waals surface area contributed by atoms with E-state index in [1.165, 1.54) is 29.7 Å². The summed E-state index contributed by atoms with van der Waals surface area (Å²) in [4.78, 5) is 16.2. The third-order valence-electron chi connectivity index (χ3n) is 3.10. The number of nitrogens with zero attached hydrogens (tertiary/aromatic N) is 2. The molecule has 0 fully saturated rings. The Morgan fingerprint density at radius 3 is 2.91 bits per heavy atom. The number of nitrogens with one attached hydrogen (secondary N) is 1. The summed E-state index contributed by atoms with van der Waals surface area (Å²) in [6.07, 6.45) is 1.49. The monoisotopic (exact) mass is 329 g/mol. The van der Waals surface area contributed by atoms with Gasteiger partial charge in [-0.15, -0.1) is 0 Å². The molecule has 6 nitrogen and oxygen atoms in total. The van der Waals surface area contributed by atoms with Gasteiger partial charge >= 0.3 is 0 Å². The molecule has 1 aromatic carbocycles. The van der Waals surface area contributed by atoms with Crippen molar-refractivity contribution in [1.29, 1.82) is 0 Å². The Hall–Kier alpha value is -3.00. The lowest BCUT2D eigenvalue weighted by molar-refractivity contribution is 0.101. The lowest BCUT2D eigenvalue weighted by Gasteiger charge is -1.95. The van der Waals surface area contributed by atoms with Crippen LogP contribution >= 0.6 is 11.3 Å². The first-order valence-electron chi connectivity index (χ1n) is 6.58. The van der Waals surface area contributed by atoms with Gasteiger partial charge in [-0.3, -0.25) is 10.1 Å². The summed E-state index contributed by atoms with van der Waals surface area (Å²) in [6.45, 7) is 0. The molecule has 0 bridgehead atoms. The Morgan fingerprint density at radius 1 is 1.22 bits per heavy atom. The number of benzene rings is 1. The van der Waals surface area contributed by atoms with Crippen molar-refractivity contribution in [2.45, 2.75) is 0 Å². The van der Waals surface area contributed by atoms with Gasteiger partial charge in [-0.2, -0.15) is 0 Å². The molecule has 0 aliphatic carbocycles. The molecule has 0 spiro atoms. The molecule has 0 saturated carbocycles. The third kappa shape index (κ3) is 2.49. The first kappa shape index (κ1) is 13.6. The second-order valence-corrected chi connectivity index (χ2v) is 5.64. The first-order valence-corrected chi connectivity index (χ1v) is 7.39. The predicted molar refractivity (Wildman–Crippen MR) is 81.7 cm³/mol. The topological polar surface area (TPSA) is 81.2 Å². The van der Waals surface area contributed by atoms with Crippen molar-refractivity contribution in [2.24, 2.45) is 0 Å². The fourth-order valence-corrected chi connectivity index (χ4v) is 2.92. The number of para-hydroxylation sites is 1. The zero-order valence-electron chi connectivity index (χ0n) is 11.4. The Kier molecular flexibility index (Phi) is 3.16. The van der Waals surface area contributed by atoms with Gasteiger partial charge in [-0.25, -0.2) is 9.37 Å². The van der Waals surface area contributed by atoms with Crippen LogP contribution in [0.2, 0.25) is 0 Å². The van der Waals surface area contributed by atoms with E-state index in [9.17, 15) is 9.18 Å². The molecule has 114 valence electrons. The molecular formula is C15H8FN3O3S. The Balaban J connectivity index is 1.58. The number of fused-ring (bicyclic) bond motifs is 1. The normalized spacial score (nSPS) is 11.0. The van der Waals surface area contributed by atoms with E-state index < -0.39 is 11.7 Å². The molecule has 1 N–H and O–H groups in total. The molecule has 1 amide bonds. The van der Waals surface area contributed by atoms with Crippen LogP contribution in [0.15, 0.2) is 51.6 Å². The van der Waals surface area contributed by atoms with E-state index in [1.807, 2.05) is 0 Å². The van der Waals surface area contributed by atoms with Crippen molar-refractivity contribution in [1.82, 2.24) is 10.1 Å². The largest absolute Gasteiger partial charge is 0.461 e. The van der Waals surface area contributed by atoms with Gasteiger partial charge in [-0.05, 0) is 24.3 Å². The highest BCUT2D eigenvalue weighted by molar-refractivity contribution is 7.22. The lowest BCUT2D eigenvalue weighted by Crippen LogP contribution is -2.11. The van der Waals surface area contributed by atoms with Crippen molar-refractivity contribution >= 4 is 32.6 Å². The average molecular weight is 329 g/mol. The fraction of sp³-hybridized carbons (Fsp3) is 0. The maximum Gasteiger partial charge on any atom is 0.279 e. The standard InChI is InChI=1S/C15H8FN3O3S/c16-8-3-1-5-12-13(8)17-15(23-12)18-14(20)9-7-11(22-19-9)10-4-2-6-21-10/h1-7H,(H,17,18,20). The van der Waals surface area contributed by atoms with Crippen LogP contribution in [0.3, 0.4) is 0 Å². The summed E-state index contributed by atoms with van der Waals surface area (Å²) in [5.74, 6) is -0.110. The van der Waals surface area contributed by atoms with Gasteiger partial charge < -0.3 is 8.94 Å². The highest BCUT2D eigenvalue weighted by Gasteiger charge is 2.17. The van der Waals surface area contributed by atoms with E-state index in [1.54, 1.807) is 24.3 Å². The lowest BCUT2D eigenvalue weighted by atomic mass is 10.3. The molecule has 0 saturated heterocycles. The highest BCUT2D eigenvalue weighted by atomic mass is 32.1. The second-order valence-electron chi connectivity index (χ2n) is 4.61. The number of rotatable bonds is 3. The number of thiazole rings is 1. The molecule has 0 unspecified atom stereocenters. The molecule has 0 aliphatic rings. The summed E-state index contributed by atoms with van der Waals surface area (Å²) in [5.41, 5.74) is 0.306. The zero-order valence-corrected chi connectivity index (χ0v) is 12.3. The van der Waals surface area contributed by atoms with Crippen molar-refractivity contribution in [3.63, 3.8) is 0 Å². The molecule has 4 rings (SSSR count). The van der Waals surface area contributed by atoms with E-state index in [4.69, 9.17) is 8.94 Å². The summed E-state index contributed by atoms with van der Waals surface area (Å²) >= 11 is 1.18. The summed E-state index contributed by atoms with van der Waals surface area (Å²) in [5, 5.41) is 6.57. The quantitative estimate of drug-likeness (QED) is 0.616. The summed E-state index contributed by atoms with van der Waals surface area (Å²) in [6, 6.07) is 9.50. The van der Waals surface area contributed by atoms with Crippen LogP contribution in [-0.2, 0) is 0 Å². The minimum Gasteiger partial charge on any atom is -0.461 e. The molecule has 4 aromatic rings. The van der Waals surface area contributed by atoms with Crippen molar-refractivity contribution < 1.29 is 18.1 Å². The molecule has 0 aliphatic heterocycles. The number of hydrogen-bond acceptors (Lipinski definition) is 6. The number of furan rings is 1. The first-order chi connectivity index (χ1) is 11.2. The molecule has 8 heteroatoms. The molecule has 3 heterocycles. The van der Waals surface area contributed by atoms with Gasteiger partial charge in [0.25, 0.3) is 5.91 Å². The van der Waals surface area contributed by atoms with Crippen molar-refractivity contribution in [3.05, 3.63) is 54.2 Å². The van der Waals surface area contributed by atoms with E-state index in [-0.39, 0.29) is 16.3 Å². The zero-order chi connectivity index (χ0) is 15.8. The molecule has 23 heavy (non-hydrogen) atoms. The number of carbonyl (C=O) groups is 1. The maximum absolute atomic E-state index is 13.6. The van der Waals surface area contributed by atoms with E-state index in [0.29, 0.717) is 16.2 Å². The number of halogens is 1. The molecule has 0 radical (unpaired) electrons. The van der Waals surface area contributed by atoms with Crippen molar-refractivity contribution in [2.75, 3.05) is 5.32 Å². The van der Waals surface area contributed by atoms with Gasteiger partial charge in [0.05, 0.1) is 11.0 Å². The summed E-state index contributed by atoms with van der Waals surface area (Å²) < 4.78 is 24.5. The highest BCUT2D eigenvalue weighted by Crippen LogP contribution is 2.28. The van der Waals surface area contributed by atoms with E-state index >= 15 is 0 Å². The summed E-state index contributed by atoms with van der Waals surface area (Å²) in [7, 11) is 0. The van der Waals surface area contributed by atoms with Crippen LogP contribution in [0.4, 0.5) is 9.52 Å². The minimum absolute atomic E-state index is 0.0797. The Morgan fingerprint density at radius 2 is 2.13 bits per heavy atom. The smallest absolute Gasteiger partial charge is 0.279 e. The van der Waals surface area contributed by atoms with Gasteiger partial charge in [0, 0.05) is 6.07 Å². The Bertz CT molecular complexity index is 991. The van der Waals surface area contributed by atoms with Crippen LogP contribution in [0, 0.1) is 5.82 Å². The predicted octanol–water partition coefficient (Wildman–Crippen LogP) is 3.94. The van der Waals surface area contributed by atoms with Gasteiger partial charge in [0.2, 0.25) is 5.76 Å². The van der Waals surface area contributed by atoms with Crippen LogP contribution in [0.1, 0.15) is 10.5 Å². The molecule has 3 aromatic heterocycles. The van der Waals surface area contributed by atoms with Gasteiger partial charge in [0.15, 0.2) is 16.6 Å². The average Bonchev–Trinajstić information content (AvgIpc) is 3.27. The molecular weight excluding hydrogens is 321 g/mol. The number of aromatic nitrogens is 2. The van der Waals surface area contributed by atoms with Crippen LogP contribution in [0.5, 0.6) is 0 Å². The van der Waals surface area contributed by atoms with Gasteiger partial charge in [-0.1, -0.05) is 22.6 Å². The SMILES string of the molecule is O=C(Nc1nc2c(F)cccc2s1)c1cc(-c2ccco2)on1. The van der Waals surface area contributed by atoms with E-state index in [2.05, 4.69) is 15.5 Å². The van der Waals surface area contributed by atoms with E-state index in [0.717, 1.165) is 0 Å².